The van der Waals surface area contributed by atoms with Crippen molar-refractivity contribution >= 4 is 11.5 Å². The summed E-state index contributed by atoms with van der Waals surface area (Å²) >= 11 is 0. The number of para-hydroxylation sites is 1. The number of benzene rings is 1. The zero-order valence-electron chi connectivity index (χ0n) is 14.3. The normalized spacial score (nSPS) is 21.2. The number of alkyl halides is 3. The number of carbonyl (C=O) groups is 1. The molecule has 1 fully saturated rings. The summed E-state index contributed by atoms with van der Waals surface area (Å²) in [4.78, 5) is 12.1. The zero-order chi connectivity index (χ0) is 18.0. The lowest BCUT2D eigenvalue weighted by Crippen LogP contribution is -2.29. The van der Waals surface area contributed by atoms with E-state index < -0.39 is 11.7 Å². The monoisotopic (exact) mass is 339 g/mol. The van der Waals surface area contributed by atoms with Crippen LogP contribution in [0.4, 0.5) is 18.9 Å². The number of hydrogen-bond acceptors (Lipinski definition) is 2. The van der Waals surface area contributed by atoms with E-state index in [9.17, 15) is 18.0 Å². The maximum atomic E-state index is 13.0. The summed E-state index contributed by atoms with van der Waals surface area (Å²) in [6.45, 7) is 6.48. The van der Waals surface area contributed by atoms with Gasteiger partial charge in [0.1, 0.15) is 0 Å². The first-order valence-corrected chi connectivity index (χ1v) is 8.30. The molecule has 0 amide bonds. The molecular formula is C19H24F3NO. The third-order valence-electron chi connectivity index (χ3n) is 5.20. The molecule has 0 heterocycles. The number of anilines is 1. The van der Waals surface area contributed by atoms with E-state index >= 15 is 0 Å². The van der Waals surface area contributed by atoms with Crippen LogP contribution in [-0.4, -0.2) is 5.78 Å². The van der Waals surface area contributed by atoms with Crippen molar-refractivity contribution in [2.75, 3.05) is 5.32 Å². The van der Waals surface area contributed by atoms with Gasteiger partial charge in [0, 0.05) is 18.2 Å². The molecular weight excluding hydrogens is 315 g/mol. The number of allylic oxidation sites excluding steroid dienone is 1. The molecule has 132 valence electrons. The fourth-order valence-electron chi connectivity index (χ4n) is 3.06. The molecule has 1 aromatic rings. The van der Waals surface area contributed by atoms with Gasteiger partial charge in [0.2, 0.25) is 0 Å². The molecule has 1 saturated carbocycles. The Balaban J connectivity index is 2.21. The van der Waals surface area contributed by atoms with Gasteiger partial charge in [-0.05, 0) is 36.3 Å². The number of halogens is 3. The Hall–Kier alpha value is -1.78. The predicted molar refractivity (Wildman–Crippen MR) is 89.6 cm³/mol. The number of hydrogen-bond donors (Lipinski definition) is 1. The van der Waals surface area contributed by atoms with Gasteiger partial charge in [0.15, 0.2) is 5.78 Å². The van der Waals surface area contributed by atoms with Gasteiger partial charge in [0.05, 0.1) is 11.3 Å². The minimum atomic E-state index is -4.43. The van der Waals surface area contributed by atoms with Crippen LogP contribution in [0.15, 0.2) is 36.0 Å². The second kappa shape index (κ2) is 6.99. The van der Waals surface area contributed by atoms with Crippen LogP contribution >= 0.6 is 0 Å². The van der Waals surface area contributed by atoms with E-state index in [-0.39, 0.29) is 16.9 Å². The third-order valence-corrected chi connectivity index (χ3v) is 5.20. The fraction of sp³-hybridized carbons (Fsp3) is 0.526. The molecule has 5 heteroatoms. The maximum absolute atomic E-state index is 13.0. The average Bonchev–Trinajstić information content (AvgIpc) is 2.53. The van der Waals surface area contributed by atoms with E-state index in [0.29, 0.717) is 24.3 Å². The number of Topliss-reactive ketones (excluding diaryl/α,β-unsaturated/α-hetero) is 1. The molecule has 0 unspecified atom stereocenters. The summed E-state index contributed by atoms with van der Waals surface area (Å²) < 4.78 is 39.1. The Kier molecular flexibility index (Phi) is 5.41. The second-order valence-electron chi connectivity index (χ2n) is 7.06. The van der Waals surface area contributed by atoms with Crippen molar-refractivity contribution < 1.29 is 18.0 Å². The van der Waals surface area contributed by atoms with Crippen molar-refractivity contribution in [1.29, 1.82) is 0 Å². The van der Waals surface area contributed by atoms with Crippen LogP contribution in [-0.2, 0) is 11.0 Å². The molecule has 0 radical (unpaired) electrons. The largest absolute Gasteiger partial charge is 0.418 e. The summed E-state index contributed by atoms with van der Waals surface area (Å²) in [6, 6.07) is 5.31. The number of carbonyl (C=O) groups excluding carboxylic acids is 1. The Labute approximate surface area is 141 Å². The highest BCUT2D eigenvalue weighted by Crippen LogP contribution is 2.41. The summed E-state index contributed by atoms with van der Waals surface area (Å²) in [6.07, 6.45) is -0.0424. The van der Waals surface area contributed by atoms with Crippen molar-refractivity contribution in [1.82, 2.24) is 0 Å². The van der Waals surface area contributed by atoms with Gasteiger partial charge in [-0.25, -0.2) is 0 Å². The lowest BCUT2D eigenvalue weighted by Gasteiger charge is -2.36. The first-order chi connectivity index (χ1) is 11.1. The molecule has 1 aliphatic rings. The second-order valence-corrected chi connectivity index (χ2v) is 7.06. The SMILES string of the molecule is CCC(C)(C)[C@@H]1CCC(=O)/C(=C/Nc2ccccc2C(F)(F)F)C1. The minimum absolute atomic E-state index is 0.0233. The lowest BCUT2D eigenvalue weighted by atomic mass is 9.68. The summed E-state index contributed by atoms with van der Waals surface area (Å²) in [5.41, 5.74) is -0.0496. The number of nitrogens with one attached hydrogen (secondary N) is 1. The van der Waals surface area contributed by atoms with E-state index in [4.69, 9.17) is 0 Å². The van der Waals surface area contributed by atoms with Crippen LogP contribution in [0.5, 0.6) is 0 Å². The van der Waals surface area contributed by atoms with E-state index in [1.165, 1.54) is 18.3 Å². The minimum Gasteiger partial charge on any atom is -0.361 e. The van der Waals surface area contributed by atoms with Gasteiger partial charge in [0.25, 0.3) is 0 Å². The van der Waals surface area contributed by atoms with E-state index in [1.54, 1.807) is 6.07 Å². The third kappa shape index (κ3) is 4.19. The van der Waals surface area contributed by atoms with Gasteiger partial charge >= 0.3 is 6.18 Å². The summed E-state index contributed by atoms with van der Waals surface area (Å²) in [7, 11) is 0. The summed E-state index contributed by atoms with van der Waals surface area (Å²) in [5.74, 6) is 0.390. The molecule has 24 heavy (non-hydrogen) atoms. The standard InChI is InChI=1S/C19H24F3NO/c1-4-18(2,3)14-9-10-17(24)13(11-14)12-23-16-8-6-5-7-15(16)19(20,21)22/h5-8,12,14,23H,4,9-11H2,1-3H3/b13-12+/t14-/m1/s1. The molecule has 1 aliphatic carbocycles. The molecule has 2 nitrogen and oxygen atoms in total. The van der Waals surface area contributed by atoms with Crippen molar-refractivity contribution in [3.8, 4) is 0 Å². The zero-order valence-corrected chi connectivity index (χ0v) is 14.3. The van der Waals surface area contributed by atoms with Gasteiger partial charge in [-0.1, -0.05) is 39.3 Å². The van der Waals surface area contributed by atoms with Gasteiger partial charge in [-0.15, -0.1) is 0 Å². The van der Waals surface area contributed by atoms with Crippen molar-refractivity contribution in [3.05, 3.63) is 41.6 Å². The van der Waals surface area contributed by atoms with Crippen LogP contribution in [0.1, 0.15) is 52.0 Å². The molecule has 1 aromatic carbocycles. The van der Waals surface area contributed by atoms with Crippen molar-refractivity contribution in [2.24, 2.45) is 11.3 Å². The highest BCUT2D eigenvalue weighted by molar-refractivity contribution is 5.96. The quantitative estimate of drug-likeness (QED) is 0.702. The van der Waals surface area contributed by atoms with E-state index in [0.717, 1.165) is 18.9 Å². The van der Waals surface area contributed by atoms with Gasteiger partial charge in [-0.2, -0.15) is 13.2 Å². The first-order valence-electron chi connectivity index (χ1n) is 8.30. The fourth-order valence-corrected chi connectivity index (χ4v) is 3.06. The molecule has 0 saturated heterocycles. The first kappa shape index (κ1) is 18.6. The average molecular weight is 339 g/mol. The molecule has 0 spiro atoms. The Morgan fingerprint density at radius 2 is 1.92 bits per heavy atom. The van der Waals surface area contributed by atoms with Crippen LogP contribution < -0.4 is 5.32 Å². The highest BCUT2D eigenvalue weighted by atomic mass is 19.4. The van der Waals surface area contributed by atoms with Crippen molar-refractivity contribution in [3.63, 3.8) is 0 Å². The van der Waals surface area contributed by atoms with E-state index in [1.807, 2.05) is 0 Å². The Morgan fingerprint density at radius 3 is 2.54 bits per heavy atom. The molecule has 0 aromatic heterocycles. The number of rotatable bonds is 4. The molecule has 0 bridgehead atoms. The lowest BCUT2D eigenvalue weighted by molar-refractivity contribution is -0.136. The van der Waals surface area contributed by atoms with Crippen LogP contribution in [0.25, 0.3) is 0 Å². The molecule has 1 atom stereocenters. The predicted octanol–water partition coefficient (Wildman–Crippen LogP) is 5.81. The van der Waals surface area contributed by atoms with Crippen LogP contribution in [0, 0.1) is 11.3 Å². The van der Waals surface area contributed by atoms with Gasteiger partial charge in [-0.3, -0.25) is 4.79 Å². The Morgan fingerprint density at radius 1 is 1.25 bits per heavy atom. The smallest absolute Gasteiger partial charge is 0.361 e. The topological polar surface area (TPSA) is 29.1 Å². The summed E-state index contributed by atoms with van der Waals surface area (Å²) in [5, 5.41) is 2.71. The molecule has 0 aliphatic heterocycles. The van der Waals surface area contributed by atoms with E-state index in [2.05, 4.69) is 26.1 Å². The van der Waals surface area contributed by atoms with Gasteiger partial charge < -0.3 is 5.32 Å². The Bertz CT molecular complexity index is 632. The van der Waals surface area contributed by atoms with Crippen LogP contribution in [0.2, 0.25) is 0 Å². The maximum Gasteiger partial charge on any atom is 0.418 e. The number of ketones is 1. The van der Waals surface area contributed by atoms with Crippen LogP contribution in [0.3, 0.4) is 0 Å². The molecule has 2 rings (SSSR count). The molecule has 1 N–H and O–H groups in total. The van der Waals surface area contributed by atoms with Crippen molar-refractivity contribution in [2.45, 2.75) is 52.6 Å². The highest BCUT2D eigenvalue weighted by Gasteiger charge is 2.34.